The summed E-state index contributed by atoms with van der Waals surface area (Å²) in [5, 5.41) is 4.17. The Morgan fingerprint density at radius 2 is 2.09 bits per heavy atom. The molecule has 0 atom stereocenters. The van der Waals surface area contributed by atoms with E-state index in [1.807, 2.05) is 24.3 Å². The van der Waals surface area contributed by atoms with Gasteiger partial charge < -0.3 is 4.52 Å². The van der Waals surface area contributed by atoms with Gasteiger partial charge >= 0.3 is 0 Å². The summed E-state index contributed by atoms with van der Waals surface area (Å²) in [6.45, 7) is 2.33. The first-order valence-electron chi connectivity index (χ1n) is 7.66. The van der Waals surface area contributed by atoms with Crippen molar-refractivity contribution in [3.8, 4) is 0 Å². The second-order valence-electron chi connectivity index (χ2n) is 5.99. The average Bonchev–Trinajstić information content (AvgIpc) is 3.20. The lowest BCUT2D eigenvalue weighted by atomic mass is 10.1. The van der Waals surface area contributed by atoms with E-state index < -0.39 is 10.0 Å². The van der Waals surface area contributed by atoms with E-state index in [2.05, 4.69) is 12.1 Å². The molecule has 1 saturated carbocycles. The molecule has 0 N–H and O–H groups in total. The SMILES string of the molecule is CCc1c(CN2c3ccccc3CS2(=O)=O)noc1C1CC1. The van der Waals surface area contributed by atoms with Crippen LogP contribution in [0, 0.1) is 0 Å². The average molecular weight is 318 g/mol. The predicted octanol–water partition coefficient (Wildman–Crippen LogP) is 2.96. The standard InChI is InChI=1S/C16H18N2O3S/c1-2-13-14(17-21-16(13)11-7-8-11)9-18-15-6-4-3-5-12(15)10-22(18,19)20/h3-6,11H,2,7-10H2,1H3. The Balaban J connectivity index is 1.71. The minimum Gasteiger partial charge on any atom is -0.360 e. The molecule has 1 aromatic carbocycles. The van der Waals surface area contributed by atoms with Crippen molar-refractivity contribution in [1.29, 1.82) is 0 Å². The monoisotopic (exact) mass is 318 g/mol. The number of aromatic nitrogens is 1. The molecule has 0 radical (unpaired) electrons. The molecule has 0 bridgehead atoms. The van der Waals surface area contributed by atoms with Gasteiger partial charge in [0.25, 0.3) is 0 Å². The molecule has 1 fully saturated rings. The van der Waals surface area contributed by atoms with Gasteiger partial charge in [0.05, 0.1) is 18.0 Å². The second kappa shape index (κ2) is 4.84. The lowest BCUT2D eigenvalue weighted by molar-refractivity contribution is 0.377. The summed E-state index contributed by atoms with van der Waals surface area (Å²) in [5.74, 6) is 1.51. The molecule has 2 aliphatic rings. The molecule has 0 unspecified atom stereocenters. The Morgan fingerprint density at radius 3 is 2.82 bits per heavy atom. The molecule has 0 spiro atoms. The van der Waals surface area contributed by atoms with Crippen molar-refractivity contribution < 1.29 is 12.9 Å². The topological polar surface area (TPSA) is 63.4 Å². The van der Waals surface area contributed by atoms with Gasteiger partial charge in [-0.05, 0) is 30.9 Å². The molecule has 22 heavy (non-hydrogen) atoms. The van der Waals surface area contributed by atoms with Gasteiger partial charge in [0.2, 0.25) is 10.0 Å². The Kier molecular flexibility index (Phi) is 3.04. The van der Waals surface area contributed by atoms with E-state index in [0.29, 0.717) is 5.92 Å². The van der Waals surface area contributed by atoms with Crippen molar-refractivity contribution in [3.63, 3.8) is 0 Å². The van der Waals surface area contributed by atoms with Gasteiger partial charge in [-0.15, -0.1) is 0 Å². The molecule has 0 amide bonds. The summed E-state index contributed by atoms with van der Waals surface area (Å²) in [6, 6.07) is 7.46. The van der Waals surface area contributed by atoms with Gasteiger partial charge in [0, 0.05) is 11.5 Å². The third-order valence-corrected chi connectivity index (χ3v) is 6.10. The first-order chi connectivity index (χ1) is 10.6. The van der Waals surface area contributed by atoms with Crippen molar-refractivity contribution in [2.45, 2.75) is 44.4 Å². The van der Waals surface area contributed by atoms with Gasteiger partial charge in [-0.25, -0.2) is 8.42 Å². The molecule has 2 aromatic rings. The fourth-order valence-corrected chi connectivity index (χ4v) is 4.74. The summed E-state index contributed by atoms with van der Waals surface area (Å²) in [7, 11) is -3.31. The van der Waals surface area contributed by atoms with Crippen molar-refractivity contribution in [2.75, 3.05) is 4.31 Å². The Hall–Kier alpha value is -1.82. The lowest BCUT2D eigenvalue weighted by Crippen LogP contribution is -2.26. The normalized spacial score (nSPS) is 19.4. The predicted molar refractivity (Wildman–Crippen MR) is 83.1 cm³/mol. The molecule has 0 saturated heterocycles. The number of hydrogen-bond donors (Lipinski definition) is 0. The number of nitrogens with zero attached hydrogens (tertiary/aromatic N) is 2. The zero-order valence-corrected chi connectivity index (χ0v) is 13.3. The zero-order chi connectivity index (χ0) is 15.3. The Labute approximate surface area is 130 Å². The second-order valence-corrected chi connectivity index (χ2v) is 7.88. The van der Waals surface area contributed by atoms with Crippen molar-refractivity contribution >= 4 is 15.7 Å². The molecule has 6 heteroatoms. The Bertz CT molecular complexity index is 822. The molecule has 116 valence electrons. The smallest absolute Gasteiger partial charge is 0.239 e. The summed E-state index contributed by atoms with van der Waals surface area (Å²) in [4.78, 5) is 0. The molecular formula is C16H18N2O3S. The third kappa shape index (κ3) is 2.13. The third-order valence-electron chi connectivity index (χ3n) is 4.43. The van der Waals surface area contributed by atoms with Crippen LogP contribution in [0.1, 0.15) is 48.3 Å². The molecule has 1 aromatic heterocycles. The van der Waals surface area contributed by atoms with Gasteiger partial charge in [-0.1, -0.05) is 30.3 Å². The van der Waals surface area contributed by atoms with Crippen LogP contribution in [0.25, 0.3) is 0 Å². The number of sulfonamides is 1. The number of anilines is 1. The van der Waals surface area contributed by atoms with E-state index in [4.69, 9.17) is 4.52 Å². The molecule has 1 aliphatic carbocycles. The van der Waals surface area contributed by atoms with Crippen LogP contribution < -0.4 is 4.31 Å². The fourth-order valence-electron chi connectivity index (χ4n) is 3.15. The minimum atomic E-state index is -3.31. The maximum atomic E-state index is 12.4. The molecule has 2 heterocycles. The van der Waals surface area contributed by atoms with Gasteiger partial charge in [-0.3, -0.25) is 4.31 Å². The van der Waals surface area contributed by atoms with Crippen LogP contribution in [0.5, 0.6) is 0 Å². The van der Waals surface area contributed by atoms with Crippen LogP contribution in [-0.2, 0) is 28.7 Å². The van der Waals surface area contributed by atoms with Gasteiger partial charge in [0.15, 0.2) is 0 Å². The molecule has 4 rings (SSSR count). The lowest BCUT2D eigenvalue weighted by Gasteiger charge is -2.17. The number of rotatable bonds is 4. The fraction of sp³-hybridized carbons (Fsp3) is 0.438. The van der Waals surface area contributed by atoms with Crippen LogP contribution in [0.4, 0.5) is 5.69 Å². The highest BCUT2D eigenvalue weighted by Gasteiger charge is 2.36. The van der Waals surface area contributed by atoms with E-state index in [-0.39, 0.29) is 12.3 Å². The van der Waals surface area contributed by atoms with Crippen molar-refractivity contribution in [2.24, 2.45) is 0 Å². The molecule has 5 nitrogen and oxygen atoms in total. The van der Waals surface area contributed by atoms with E-state index in [1.54, 1.807) is 0 Å². The largest absolute Gasteiger partial charge is 0.360 e. The highest BCUT2D eigenvalue weighted by atomic mass is 32.2. The summed E-state index contributed by atoms with van der Waals surface area (Å²) in [6.07, 6.45) is 3.11. The van der Waals surface area contributed by atoms with Crippen molar-refractivity contribution in [3.05, 3.63) is 46.8 Å². The van der Waals surface area contributed by atoms with E-state index in [1.165, 1.54) is 4.31 Å². The van der Waals surface area contributed by atoms with Gasteiger partial charge in [-0.2, -0.15) is 0 Å². The van der Waals surface area contributed by atoms with E-state index >= 15 is 0 Å². The first kappa shape index (κ1) is 13.8. The zero-order valence-electron chi connectivity index (χ0n) is 12.4. The number of para-hydroxylation sites is 1. The van der Waals surface area contributed by atoms with Crippen molar-refractivity contribution in [1.82, 2.24) is 5.16 Å². The number of fused-ring (bicyclic) bond motifs is 1. The van der Waals surface area contributed by atoms with Crippen LogP contribution in [0.15, 0.2) is 28.8 Å². The maximum Gasteiger partial charge on any atom is 0.239 e. The van der Waals surface area contributed by atoms with Crippen LogP contribution >= 0.6 is 0 Å². The summed E-state index contributed by atoms with van der Waals surface area (Å²) >= 11 is 0. The number of hydrogen-bond acceptors (Lipinski definition) is 4. The molecule has 1 aliphatic heterocycles. The van der Waals surface area contributed by atoms with E-state index in [0.717, 1.165) is 47.5 Å². The van der Waals surface area contributed by atoms with Gasteiger partial charge in [0.1, 0.15) is 11.5 Å². The quantitative estimate of drug-likeness (QED) is 0.869. The summed E-state index contributed by atoms with van der Waals surface area (Å²) < 4.78 is 31.9. The first-order valence-corrected chi connectivity index (χ1v) is 9.26. The van der Waals surface area contributed by atoms with E-state index in [9.17, 15) is 8.42 Å². The highest BCUT2D eigenvalue weighted by molar-refractivity contribution is 7.92. The minimum absolute atomic E-state index is 0.0674. The van der Waals surface area contributed by atoms with Crippen LogP contribution in [-0.4, -0.2) is 13.6 Å². The number of benzene rings is 1. The molecular weight excluding hydrogens is 300 g/mol. The summed E-state index contributed by atoms with van der Waals surface area (Å²) in [5.41, 5.74) is 3.46. The van der Waals surface area contributed by atoms with Crippen LogP contribution in [0.2, 0.25) is 0 Å². The van der Waals surface area contributed by atoms with Crippen LogP contribution in [0.3, 0.4) is 0 Å². The highest BCUT2D eigenvalue weighted by Crippen LogP contribution is 2.43. The maximum absolute atomic E-state index is 12.4. The Morgan fingerprint density at radius 1 is 1.32 bits per heavy atom.